The fourth-order valence-electron chi connectivity index (χ4n) is 5.23. The molecule has 2 bridgehead atoms. The largest absolute Gasteiger partial charge is 0.494 e. The van der Waals surface area contributed by atoms with Gasteiger partial charge >= 0.3 is 6.09 Å². The van der Waals surface area contributed by atoms with E-state index in [0.29, 0.717) is 45.8 Å². The molecule has 0 aliphatic carbocycles. The molecule has 5 rings (SSSR count). The minimum Gasteiger partial charge on any atom is -0.494 e. The number of aromatic nitrogens is 1. The second kappa shape index (κ2) is 12.1. The molecule has 2 N–H and O–H groups in total. The maximum atomic E-state index is 13.1. The van der Waals surface area contributed by atoms with Gasteiger partial charge in [0.15, 0.2) is 0 Å². The van der Waals surface area contributed by atoms with Gasteiger partial charge in [0.05, 0.1) is 18.2 Å². The predicted octanol–water partition coefficient (Wildman–Crippen LogP) is 2.91. The van der Waals surface area contributed by atoms with E-state index in [2.05, 4.69) is 15.5 Å². The quantitative estimate of drug-likeness (QED) is 0.551. The van der Waals surface area contributed by atoms with E-state index in [9.17, 15) is 14.4 Å². The van der Waals surface area contributed by atoms with Crippen LogP contribution in [0.3, 0.4) is 0 Å². The summed E-state index contributed by atoms with van der Waals surface area (Å²) in [6.07, 6.45) is 1.78. The van der Waals surface area contributed by atoms with Crippen molar-refractivity contribution in [1.29, 1.82) is 0 Å². The van der Waals surface area contributed by atoms with Crippen molar-refractivity contribution in [3.05, 3.63) is 76.6 Å². The maximum absolute atomic E-state index is 13.1. The average Bonchev–Trinajstić information content (AvgIpc) is 3.35. The molecule has 0 spiro atoms. The summed E-state index contributed by atoms with van der Waals surface area (Å²) >= 11 is 0. The standard InChI is InChI=1S/C29H34N4O5/c34-27-11-9-23-8-10-24-17-25(23)33(27)14-13-32-19-22(16-26(32)28(35)30-12-4-5-15-37-24)18-31-29(36)38-20-21-6-2-1-3-7-21/h1-3,6-11,17,22,26H,4-5,12-16,18-20H2,(H,30,35)(H,31,36)/t22-,26-/m0/s1. The summed E-state index contributed by atoms with van der Waals surface area (Å²) in [4.78, 5) is 40.3. The number of hydrogen-bond donors (Lipinski definition) is 2. The van der Waals surface area contributed by atoms with E-state index in [1.165, 1.54) is 0 Å². The third-order valence-corrected chi connectivity index (χ3v) is 7.25. The smallest absolute Gasteiger partial charge is 0.407 e. The highest BCUT2D eigenvalue weighted by atomic mass is 16.5. The van der Waals surface area contributed by atoms with Gasteiger partial charge in [-0.3, -0.25) is 14.5 Å². The normalized spacial score (nSPS) is 20.6. The molecule has 1 aromatic heterocycles. The molecule has 0 saturated carbocycles. The molecular weight excluding hydrogens is 484 g/mol. The Labute approximate surface area is 221 Å². The lowest BCUT2D eigenvalue weighted by molar-refractivity contribution is -0.125. The molecule has 2 amide bonds. The molecule has 38 heavy (non-hydrogen) atoms. The molecule has 9 heteroatoms. The van der Waals surface area contributed by atoms with Crippen LogP contribution >= 0.6 is 0 Å². The lowest BCUT2D eigenvalue weighted by Gasteiger charge is -2.24. The van der Waals surface area contributed by atoms with Crippen molar-refractivity contribution in [3.8, 4) is 5.75 Å². The van der Waals surface area contributed by atoms with Crippen molar-refractivity contribution in [3.63, 3.8) is 0 Å². The predicted molar refractivity (Wildman–Crippen MR) is 144 cm³/mol. The number of benzene rings is 2. The first-order valence-electron chi connectivity index (χ1n) is 13.3. The van der Waals surface area contributed by atoms with Crippen molar-refractivity contribution in [2.24, 2.45) is 5.92 Å². The molecule has 3 aromatic rings. The number of carbonyl (C=O) groups excluding carboxylic acids is 2. The van der Waals surface area contributed by atoms with E-state index in [1.54, 1.807) is 10.6 Å². The highest BCUT2D eigenvalue weighted by Crippen LogP contribution is 2.25. The zero-order chi connectivity index (χ0) is 26.3. The number of hydrogen-bond acceptors (Lipinski definition) is 6. The number of ether oxygens (including phenoxy) is 2. The SMILES string of the molecule is O=C(NC[C@@H]1C[C@H]2C(=O)NCCCCOc3ccc4ccc(=O)n(c4c3)CCN2C1)OCc1ccccc1. The highest BCUT2D eigenvalue weighted by molar-refractivity contribution is 5.82. The molecule has 2 atom stereocenters. The summed E-state index contributed by atoms with van der Waals surface area (Å²) in [5.41, 5.74) is 1.66. The lowest BCUT2D eigenvalue weighted by Crippen LogP contribution is -2.45. The first kappa shape index (κ1) is 25.8. The minimum atomic E-state index is -0.469. The Morgan fingerprint density at radius 2 is 1.89 bits per heavy atom. The number of rotatable bonds is 4. The van der Waals surface area contributed by atoms with Crippen LogP contribution in [0.1, 0.15) is 24.8 Å². The molecule has 0 radical (unpaired) electrons. The Morgan fingerprint density at radius 3 is 2.76 bits per heavy atom. The van der Waals surface area contributed by atoms with Crippen LogP contribution in [0, 0.1) is 5.92 Å². The monoisotopic (exact) mass is 518 g/mol. The summed E-state index contributed by atoms with van der Waals surface area (Å²) in [5, 5.41) is 6.89. The van der Waals surface area contributed by atoms with Crippen LogP contribution in [0.5, 0.6) is 5.75 Å². The lowest BCUT2D eigenvalue weighted by atomic mass is 10.1. The zero-order valence-corrected chi connectivity index (χ0v) is 21.4. The molecule has 3 heterocycles. The molecule has 1 saturated heterocycles. The van der Waals surface area contributed by atoms with Crippen LogP contribution in [-0.4, -0.2) is 60.3 Å². The van der Waals surface area contributed by atoms with Gasteiger partial charge in [-0.25, -0.2) is 4.79 Å². The first-order chi connectivity index (χ1) is 18.6. The minimum absolute atomic E-state index is 0.0129. The third-order valence-electron chi connectivity index (χ3n) is 7.25. The number of nitrogens with one attached hydrogen (secondary N) is 2. The molecular formula is C29H34N4O5. The molecule has 0 unspecified atom stereocenters. The van der Waals surface area contributed by atoms with Gasteiger partial charge in [-0.2, -0.15) is 0 Å². The van der Waals surface area contributed by atoms with Crippen LogP contribution in [0.2, 0.25) is 0 Å². The van der Waals surface area contributed by atoms with Gasteiger partial charge in [-0.1, -0.05) is 30.3 Å². The fraction of sp³-hybridized carbons (Fsp3) is 0.414. The summed E-state index contributed by atoms with van der Waals surface area (Å²) < 4.78 is 13.0. The zero-order valence-electron chi connectivity index (χ0n) is 21.4. The van der Waals surface area contributed by atoms with Gasteiger partial charge in [0.25, 0.3) is 5.56 Å². The number of fused-ring (bicyclic) bond motifs is 2. The summed E-state index contributed by atoms with van der Waals surface area (Å²) in [5.74, 6) is 0.819. The van der Waals surface area contributed by atoms with E-state index < -0.39 is 6.09 Å². The number of nitrogens with zero attached hydrogens (tertiary/aromatic N) is 2. The topological polar surface area (TPSA) is 102 Å². The van der Waals surface area contributed by atoms with Crippen LogP contribution in [0.25, 0.3) is 10.9 Å². The summed E-state index contributed by atoms with van der Waals surface area (Å²) in [6, 6.07) is 18.5. The van der Waals surface area contributed by atoms with Gasteiger partial charge in [-0.15, -0.1) is 0 Å². The van der Waals surface area contributed by atoms with E-state index in [0.717, 1.165) is 35.1 Å². The van der Waals surface area contributed by atoms with Crippen molar-refractivity contribution < 1.29 is 19.1 Å². The second-order valence-corrected chi connectivity index (χ2v) is 9.95. The van der Waals surface area contributed by atoms with Gasteiger partial charge in [0.2, 0.25) is 5.91 Å². The van der Waals surface area contributed by atoms with E-state index in [-0.39, 0.29) is 30.0 Å². The van der Waals surface area contributed by atoms with Gasteiger partial charge in [-0.05, 0) is 54.3 Å². The van der Waals surface area contributed by atoms with Crippen LogP contribution in [0.4, 0.5) is 4.79 Å². The molecule has 9 nitrogen and oxygen atoms in total. The highest BCUT2D eigenvalue weighted by Gasteiger charge is 2.36. The van der Waals surface area contributed by atoms with Crippen molar-refractivity contribution >= 4 is 22.9 Å². The Hall–Kier alpha value is -3.85. The van der Waals surface area contributed by atoms with Crippen molar-refractivity contribution in [1.82, 2.24) is 20.1 Å². The Morgan fingerprint density at radius 1 is 1.05 bits per heavy atom. The van der Waals surface area contributed by atoms with E-state index in [4.69, 9.17) is 9.47 Å². The van der Waals surface area contributed by atoms with Crippen LogP contribution in [0.15, 0.2) is 65.5 Å². The Balaban J connectivity index is 1.26. The number of pyridine rings is 1. The van der Waals surface area contributed by atoms with Gasteiger partial charge < -0.3 is 24.7 Å². The molecule has 2 aromatic carbocycles. The van der Waals surface area contributed by atoms with Crippen molar-refractivity contribution in [2.45, 2.75) is 38.5 Å². The average molecular weight is 519 g/mol. The van der Waals surface area contributed by atoms with Gasteiger partial charge in [0, 0.05) is 44.9 Å². The fourth-order valence-corrected chi connectivity index (χ4v) is 5.23. The number of alkyl carbamates (subject to hydrolysis) is 1. The molecule has 2 aliphatic rings. The maximum Gasteiger partial charge on any atom is 0.407 e. The molecule has 200 valence electrons. The molecule has 2 aliphatic heterocycles. The van der Waals surface area contributed by atoms with E-state index >= 15 is 0 Å². The van der Waals surface area contributed by atoms with Crippen molar-refractivity contribution in [2.75, 3.05) is 32.8 Å². The summed E-state index contributed by atoms with van der Waals surface area (Å²) in [6.45, 7) is 3.39. The van der Waals surface area contributed by atoms with E-state index in [1.807, 2.05) is 54.6 Å². The number of carbonyl (C=O) groups is 2. The van der Waals surface area contributed by atoms with Crippen LogP contribution in [-0.2, 0) is 22.7 Å². The number of amides is 2. The third kappa shape index (κ3) is 6.34. The van der Waals surface area contributed by atoms with Gasteiger partial charge in [0.1, 0.15) is 12.4 Å². The summed E-state index contributed by atoms with van der Waals surface area (Å²) in [7, 11) is 0. The first-order valence-corrected chi connectivity index (χ1v) is 13.3. The second-order valence-electron chi connectivity index (χ2n) is 9.95. The Bertz CT molecular complexity index is 1330. The molecule has 1 fully saturated rings. The van der Waals surface area contributed by atoms with Crippen LogP contribution < -0.4 is 20.9 Å². The Kier molecular flexibility index (Phi) is 8.23.